The Morgan fingerprint density at radius 1 is 0.938 bits per heavy atom. The van der Waals surface area contributed by atoms with Gasteiger partial charge >= 0.3 is 0 Å². The van der Waals surface area contributed by atoms with Crippen molar-refractivity contribution in [3.05, 3.63) is 101 Å². The minimum Gasteiger partial charge on any atom is -0.493 e. The van der Waals surface area contributed by atoms with Crippen LogP contribution in [0.15, 0.2) is 94.8 Å². The number of benzene rings is 3. The second kappa shape index (κ2) is 10.3. The van der Waals surface area contributed by atoms with Crippen molar-refractivity contribution in [3.8, 4) is 5.75 Å². The Bertz CT molecular complexity index is 1110. The summed E-state index contributed by atoms with van der Waals surface area (Å²) in [5.41, 5.74) is 2.85. The van der Waals surface area contributed by atoms with Gasteiger partial charge in [0.25, 0.3) is 5.91 Å². The van der Waals surface area contributed by atoms with Gasteiger partial charge in [-0.2, -0.15) is 0 Å². The van der Waals surface area contributed by atoms with Gasteiger partial charge in [-0.25, -0.2) is 4.99 Å². The third-order valence-electron chi connectivity index (χ3n) is 4.81. The molecule has 0 spiro atoms. The molecule has 5 heteroatoms. The minimum atomic E-state index is -0.0336. The van der Waals surface area contributed by atoms with Gasteiger partial charge in [-0.1, -0.05) is 74.5 Å². The number of aliphatic imine (C=N–C) groups is 1. The number of ether oxygens (including phenoxy) is 1. The maximum Gasteiger partial charge on any atom is 0.267 e. The van der Waals surface area contributed by atoms with E-state index in [0.717, 1.165) is 22.6 Å². The maximum absolute atomic E-state index is 13.3. The van der Waals surface area contributed by atoms with E-state index in [2.05, 4.69) is 13.8 Å². The lowest BCUT2D eigenvalue weighted by Crippen LogP contribution is -2.28. The number of hydrogen-bond donors (Lipinski definition) is 0. The van der Waals surface area contributed by atoms with E-state index in [0.29, 0.717) is 29.1 Å². The van der Waals surface area contributed by atoms with E-state index in [-0.39, 0.29) is 5.91 Å². The summed E-state index contributed by atoms with van der Waals surface area (Å²) in [7, 11) is 0. The molecule has 1 fully saturated rings. The molecule has 0 saturated carbocycles. The number of amides is 1. The molecule has 0 aromatic heterocycles. The van der Waals surface area contributed by atoms with Gasteiger partial charge in [-0.15, -0.1) is 0 Å². The summed E-state index contributed by atoms with van der Waals surface area (Å²) < 4.78 is 5.76. The Morgan fingerprint density at radius 2 is 1.59 bits per heavy atom. The van der Waals surface area contributed by atoms with Crippen molar-refractivity contribution in [2.45, 2.75) is 20.4 Å². The number of rotatable bonds is 7. The summed E-state index contributed by atoms with van der Waals surface area (Å²) in [6.45, 7) is 5.41. The fraction of sp³-hybridized carbons (Fsp3) is 0.185. The molecule has 0 aliphatic carbocycles. The lowest BCUT2D eigenvalue weighted by Gasteiger charge is -2.15. The fourth-order valence-electron chi connectivity index (χ4n) is 3.18. The molecule has 0 unspecified atom stereocenters. The van der Waals surface area contributed by atoms with Crippen LogP contribution in [0.1, 0.15) is 25.0 Å². The number of carbonyl (C=O) groups excluding carboxylic acids is 1. The Balaban J connectivity index is 1.59. The minimum absolute atomic E-state index is 0.0336. The molecule has 3 aromatic rings. The van der Waals surface area contributed by atoms with Gasteiger partial charge in [0.05, 0.1) is 23.7 Å². The number of para-hydroxylation sites is 1. The second-order valence-corrected chi connectivity index (χ2v) is 9.00. The van der Waals surface area contributed by atoms with Crippen molar-refractivity contribution in [1.82, 2.24) is 4.90 Å². The summed E-state index contributed by atoms with van der Waals surface area (Å²) >= 11 is 1.41. The van der Waals surface area contributed by atoms with Crippen LogP contribution in [0.2, 0.25) is 0 Å². The monoisotopic (exact) mass is 442 g/mol. The maximum atomic E-state index is 13.3. The summed E-state index contributed by atoms with van der Waals surface area (Å²) in [5, 5.41) is 0.688. The normalized spacial score (nSPS) is 16.3. The summed E-state index contributed by atoms with van der Waals surface area (Å²) in [6.07, 6.45) is 1.92. The number of hydrogen-bond acceptors (Lipinski definition) is 4. The van der Waals surface area contributed by atoms with Crippen molar-refractivity contribution in [2.75, 3.05) is 6.61 Å². The lowest BCUT2D eigenvalue weighted by molar-refractivity contribution is -0.122. The van der Waals surface area contributed by atoms with Crippen LogP contribution in [0.25, 0.3) is 6.08 Å². The van der Waals surface area contributed by atoms with Gasteiger partial charge in [0.15, 0.2) is 5.17 Å². The first-order valence-corrected chi connectivity index (χ1v) is 11.5. The molecular weight excluding hydrogens is 416 g/mol. The smallest absolute Gasteiger partial charge is 0.267 e. The van der Waals surface area contributed by atoms with Crippen LogP contribution >= 0.6 is 11.8 Å². The molecule has 0 atom stereocenters. The molecule has 162 valence electrons. The molecule has 0 radical (unpaired) electrons. The summed E-state index contributed by atoms with van der Waals surface area (Å²) in [6, 6.07) is 27.6. The number of nitrogens with zero attached hydrogens (tertiary/aromatic N) is 2. The van der Waals surface area contributed by atoms with Crippen molar-refractivity contribution in [3.63, 3.8) is 0 Å². The highest BCUT2D eigenvalue weighted by Crippen LogP contribution is 2.35. The highest BCUT2D eigenvalue weighted by atomic mass is 32.2. The number of amidine groups is 1. The highest BCUT2D eigenvalue weighted by Gasteiger charge is 2.33. The quantitative estimate of drug-likeness (QED) is 0.391. The zero-order valence-corrected chi connectivity index (χ0v) is 19.1. The van der Waals surface area contributed by atoms with Crippen LogP contribution in [-0.4, -0.2) is 22.6 Å². The summed E-state index contributed by atoms with van der Waals surface area (Å²) in [4.78, 5) is 20.5. The van der Waals surface area contributed by atoms with E-state index < -0.39 is 0 Å². The van der Waals surface area contributed by atoms with Crippen LogP contribution < -0.4 is 4.74 Å². The largest absolute Gasteiger partial charge is 0.493 e. The van der Waals surface area contributed by atoms with Gasteiger partial charge < -0.3 is 4.74 Å². The third-order valence-corrected chi connectivity index (χ3v) is 5.82. The Hall–Kier alpha value is -3.31. The van der Waals surface area contributed by atoms with Gasteiger partial charge in [0.2, 0.25) is 0 Å². The molecular formula is C27H26N2O2S. The first-order chi connectivity index (χ1) is 15.6. The van der Waals surface area contributed by atoms with Crippen LogP contribution in [-0.2, 0) is 11.3 Å². The van der Waals surface area contributed by atoms with Crippen LogP contribution in [0.3, 0.4) is 0 Å². The Kier molecular flexibility index (Phi) is 7.07. The van der Waals surface area contributed by atoms with Crippen LogP contribution in [0.5, 0.6) is 5.75 Å². The first-order valence-electron chi connectivity index (χ1n) is 10.7. The van der Waals surface area contributed by atoms with E-state index in [4.69, 9.17) is 9.73 Å². The van der Waals surface area contributed by atoms with Crippen molar-refractivity contribution < 1.29 is 9.53 Å². The van der Waals surface area contributed by atoms with E-state index in [9.17, 15) is 4.79 Å². The van der Waals surface area contributed by atoms with E-state index in [1.54, 1.807) is 4.90 Å². The number of thioether (sulfide) groups is 1. The molecule has 1 aliphatic heterocycles. The lowest BCUT2D eigenvalue weighted by atomic mass is 10.2. The van der Waals surface area contributed by atoms with Crippen molar-refractivity contribution in [1.29, 1.82) is 0 Å². The predicted octanol–water partition coefficient (Wildman–Crippen LogP) is 6.53. The molecule has 4 rings (SSSR count). The predicted molar refractivity (Wildman–Crippen MR) is 133 cm³/mol. The third kappa shape index (κ3) is 5.68. The molecule has 1 aliphatic rings. The molecule has 3 aromatic carbocycles. The summed E-state index contributed by atoms with van der Waals surface area (Å²) in [5.74, 6) is 1.28. The molecule has 32 heavy (non-hydrogen) atoms. The topological polar surface area (TPSA) is 41.9 Å². The van der Waals surface area contributed by atoms with Crippen molar-refractivity contribution >= 4 is 34.6 Å². The van der Waals surface area contributed by atoms with Crippen LogP contribution in [0, 0.1) is 5.92 Å². The second-order valence-electron chi connectivity index (χ2n) is 7.99. The molecule has 0 N–H and O–H groups in total. The van der Waals surface area contributed by atoms with E-state index in [1.165, 1.54) is 11.8 Å². The Morgan fingerprint density at radius 3 is 2.25 bits per heavy atom. The zero-order chi connectivity index (χ0) is 22.3. The molecule has 4 nitrogen and oxygen atoms in total. The van der Waals surface area contributed by atoms with E-state index in [1.807, 2.05) is 91.0 Å². The molecule has 0 bridgehead atoms. The fourth-order valence-corrected chi connectivity index (χ4v) is 4.18. The highest BCUT2D eigenvalue weighted by molar-refractivity contribution is 8.18. The first kappa shape index (κ1) is 21.9. The molecule has 1 heterocycles. The van der Waals surface area contributed by atoms with E-state index >= 15 is 0 Å². The van der Waals surface area contributed by atoms with Gasteiger partial charge in [-0.3, -0.25) is 9.69 Å². The van der Waals surface area contributed by atoms with Crippen LogP contribution in [0.4, 0.5) is 5.69 Å². The van der Waals surface area contributed by atoms with Crippen molar-refractivity contribution in [2.24, 2.45) is 10.9 Å². The van der Waals surface area contributed by atoms with Gasteiger partial charge in [0.1, 0.15) is 5.75 Å². The van der Waals surface area contributed by atoms with Gasteiger partial charge in [0, 0.05) is 0 Å². The molecule has 1 amide bonds. The number of carbonyl (C=O) groups is 1. The van der Waals surface area contributed by atoms with Gasteiger partial charge in [-0.05, 0) is 59.1 Å². The zero-order valence-electron chi connectivity index (χ0n) is 18.3. The average Bonchev–Trinajstić information content (AvgIpc) is 3.09. The standard InChI is InChI=1S/C27H26N2O2S/c1-20(2)19-31-24-15-13-21(14-16-24)17-25-26(30)29(18-22-9-5-3-6-10-22)27(32-25)28-23-11-7-4-8-12-23/h3-17,20H,18-19H2,1-2H3/b25-17+,28-27?. The molecule has 1 saturated heterocycles. The Labute approximate surface area is 193 Å². The average molecular weight is 443 g/mol. The SMILES string of the molecule is CC(C)COc1ccc(/C=C2/SC(=Nc3ccccc3)N(Cc3ccccc3)C2=O)cc1.